The monoisotopic (exact) mass is 397 g/mol. The molecule has 1 unspecified atom stereocenters. The van der Waals surface area contributed by atoms with Crippen molar-refractivity contribution in [2.24, 2.45) is 5.92 Å². The van der Waals surface area contributed by atoms with Crippen molar-refractivity contribution in [2.45, 2.75) is 38.0 Å². The van der Waals surface area contributed by atoms with E-state index in [4.69, 9.17) is 4.74 Å². The summed E-state index contributed by atoms with van der Waals surface area (Å²) in [5.74, 6) is -1.50. The third kappa shape index (κ3) is 4.36. The van der Waals surface area contributed by atoms with E-state index in [0.717, 1.165) is 16.5 Å². The van der Waals surface area contributed by atoms with Crippen molar-refractivity contribution < 1.29 is 19.4 Å². The highest BCUT2D eigenvalue weighted by Gasteiger charge is 2.41. The number of carboxylic acid groups (broad SMARTS) is 1. The van der Waals surface area contributed by atoms with E-state index in [1.165, 1.54) is 0 Å². The Balaban J connectivity index is 2.16. The molecule has 1 amide bonds. The van der Waals surface area contributed by atoms with Gasteiger partial charge >= 0.3 is 5.97 Å². The second-order valence-electron chi connectivity index (χ2n) is 6.24. The molecule has 1 aromatic carbocycles. The van der Waals surface area contributed by atoms with Gasteiger partial charge in [0.15, 0.2) is 0 Å². The molecule has 24 heavy (non-hydrogen) atoms. The van der Waals surface area contributed by atoms with E-state index in [1.54, 1.807) is 0 Å². The first-order valence-electron chi connectivity index (χ1n) is 8.34. The number of aliphatic carboxylic acids is 1. The average molecular weight is 398 g/mol. The highest BCUT2D eigenvalue weighted by Crippen LogP contribution is 2.35. The summed E-state index contributed by atoms with van der Waals surface area (Å²) in [6, 6.07) is 7.76. The van der Waals surface area contributed by atoms with Gasteiger partial charge in [-0.15, -0.1) is 0 Å². The molecule has 1 fully saturated rings. The van der Waals surface area contributed by atoms with Crippen LogP contribution in [0.3, 0.4) is 0 Å². The first-order chi connectivity index (χ1) is 11.5. The average Bonchev–Trinajstić information content (AvgIpc) is 2.59. The van der Waals surface area contributed by atoms with E-state index in [9.17, 15) is 14.7 Å². The highest BCUT2D eigenvalue weighted by molar-refractivity contribution is 9.10. The summed E-state index contributed by atoms with van der Waals surface area (Å²) in [5, 5.41) is 12.1. The van der Waals surface area contributed by atoms with E-state index in [2.05, 4.69) is 21.2 Å². The third-order valence-corrected chi connectivity index (χ3v) is 5.20. The molecule has 132 valence electrons. The van der Waals surface area contributed by atoms with Crippen molar-refractivity contribution in [3.05, 3.63) is 34.3 Å². The highest BCUT2D eigenvalue weighted by atomic mass is 79.9. The standard InChI is InChI=1S/C18H24BrNO4/c1-2-3-13(16(21)22)12-20-17(23)18(8-10-24-11-9-18)14-4-6-15(19)7-5-14/h4-7,13H,2-3,8-12H2,1H3,(H,20,23)(H,21,22). The Morgan fingerprint density at radius 1 is 1.29 bits per heavy atom. The van der Waals surface area contributed by atoms with Gasteiger partial charge < -0.3 is 15.2 Å². The van der Waals surface area contributed by atoms with Crippen LogP contribution in [0.15, 0.2) is 28.7 Å². The number of rotatable bonds is 7. The minimum atomic E-state index is -0.859. The molecule has 2 N–H and O–H groups in total. The zero-order valence-corrected chi connectivity index (χ0v) is 15.5. The Kier molecular flexibility index (Phi) is 6.80. The van der Waals surface area contributed by atoms with E-state index in [0.29, 0.717) is 32.5 Å². The van der Waals surface area contributed by atoms with Gasteiger partial charge in [-0.25, -0.2) is 0 Å². The minimum absolute atomic E-state index is 0.101. The van der Waals surface area contributed by atoms with Crippen LogP contribution in [0.5, 0.6) is 0 Å². The maximum absolute atomic E-state index is 13.0. The second-order valence-corrected chi connectivity index (χ2v) is 7.15. The fraction of sp³-hybridized carbons (Fsp3) is 0.556. The third-order valence-electron chi connectivity index (χ3n) is 4.67. The number of carbonyl (C=O) groups is 2. The van der Waals surface area contributed by atoms with Crippen LogP contribution in [0.4, 0.5) is 0 Å². The van der Waals surface area contributed by atoms with Crippen molar-refractivity contribution in [1.29, 1.82) is 0 Å². The van der Waals surface area contributed by atoms with Crippen molar-refractivity contribution in [3.63, 3.8) is 0 Å². The molecular weight excluding hydrogens is 374 g/mol. The normalized spacial score (nSPS) is 17.9. The summed E-state index contributed by atoms with van der Waals surface area (Å²) in [7, 11) is 0. The summed E-state index contributed by atoms with van der Waals surface area (Å²) in [4.78, 5) is 24.3. The van der Waals surface area contributed by atoms with Crippen LogP contribution in [-0.2, 0) is 19.7 Å². The Hall–Kier alpha value is -1.40. The molecule has 0 spiro atoms. The van der Waals surface area contributed by atoms with Gasteiger partial charge in [-0.1, -0.05) is 41.4 Å². The van der Waals surface area contributed by atoms with Crippen LogP contribution in [0.25, 0.3) is 0 Å². The fourth-order valence-corrected chi connectivity index (χ4v) is 3.45. The van der Waals surface area contributed by atoms with Gasteiger partial charge in [0, 0.05) is 24.2 Å². The van der Waals surface area contributed by atoms with Crippen molar-refractivity contribution in [3.8, 4) is 0 Å². The maximum Gasteiger partial charge on any atom is 0.308 e. The molecule has 1 aliphatic rings. The van der Waals surface area contributed by atoms with E-state index < -0.39 is 17.3 Å². The number of ether oxygens (including phenoxy) is 1. The zero-order valence-electron chi connectivity index (χ0n) is 13.9. The number of hydrogen-bond donors (Lipinski definition) is 2. The van der Waals surface area contributed by atoms with E-state index in [1.807, 2.05) is 31.2 Å². The molecule has 0 saturated carbocycles. The topological polar surface area (TPSA) is 75.6 Å². The van der Waals surface area contributed by atoms with E-state index >= 15 is 0 Å². The summed E-state index contributed by atoms with van der Waals surface area (Å²) >= 11 is 3.42. The number of halogens is 1. The first-order valence-corrected chi connectivity index (χ1v) is 9.14. The zero-order chi connectivity index (χ0) is 17.6. The van der Waals surface area contributed by atoms with E-state index in [-0.39, 0.29) is 12.5 Å². The number of nitrogens with one attached hydrogen (secondary N) is 1. The molecule has 2 rings (SSSR count). The molecule has 0 bridgehead atoms. The van der Waals surface area contributed by atoms with Gasteiger partial charge in [0.1, 0.15) is 0 Å². The van der Waals surface area contributed by atoms with Crippen LogP contribution in [0.1, 0.15) is 38.2 Å². The van der Waals surface area contributed by atoms with Crippen LogP contribution in [0.2, 0.25) is 0 Å². The Morgan fingerprint density at radius 2 is 1.92 bits per heavy atom. The molecule has 5 nitrogen and oxygen atoms in total. The van der Waals surface area contributed by atoms with Crippen molar-refractivity contribution >= 4 is 27.8 Å². The smallest absolute Gasteiger partial charge is 0.308 e. The van der Waals surface area contributed by atoms with Gasteiger partial charge in [0.2, 0.25) is 5.91 Å². The first kappa shape index (κ1) is 18.9. The number of amides is 1. The lowest BCUT2D eigenvalue weighted by atomic mass is 9.73. The lowest BCUT2D eigenvalue weighted by molar-refractivity contribution is -0.142. The molecule has 1 atom stereocenters. The molecule has 6 heteroatoms. The molecule has 0 radical (unpaired) electrons. The number of benzene rings is 1. The van der Waals surface area contributed by atoms with Crippen LogP contribution in [0, 0.1) is 5.92 Å². The van der Waals surface area contributed by atoms with Crippen LogP contribution in [-0.4, -0.2) is 36.7 Å². The predicted octanol–water partition coefficient (Wildman–Crippen LogP) is 3.11. The molecule has 1 aliphatic heterocycles. The lowest BCUT2D eigenvalue weighted by Crippen LogP contribution is -2.49. The van der Waals surface area contributed by atoms with Gasteiger partial charge in [-0.3, -0.25) is 9.59 Å². The number of carbonyl (C=O) groups excluding carboxylic acids is 1. The maximum atomic E-state index is 13.0. The molecule has 1 saturated heterocycles. The molecule has 0 aliphatic carbocycles. The molecular formula is C18H24BrNO4. The second kappa shape index (κ2) is 8.62. The van der Waals surface area contributed by atoms with Crippen LogP contribution >= 0.6 is 15.9 Å². The fourth-order valence-electron chi connectivity index (χ4n) is 3.18. The molecule has 1 aromatic rings. The largest absolute Gasteiger partial charge is 0.481 e. The quantitative estimate of drug-likeness (QED) is 0.740. The Morgan fingerprint density at radius 3 is 2.46 bits per heavy atom. The van der Waals surface area contributed by atoms with Gasteiger partial charge in [-0.05, 0) is 37.0 Å². The lowest BCUT2D eigenvalue weighted by Gasteiger charge is -2.36. The predicted molar refractivity (Wildman–Crippen MR) is 94.9 cm³/mol. The van der Waals surface area contributed by atoms with Crippen molar-refractivity contribution in [1.82, 2.24) is 5.32 Å². The van der Waals surface area contributed by atoms with Gasteiger partial charge in [0.05, 0.1) is 11.3 Å². The SMILES string of the molecule is CCCC(CNC(=O)C1(c2ccc(Br)cc2)CCOCC1)C(=O)O. The summed E-state index contributed by atoms with van der Waals surface area (Å²) in [5.41, 5.74) is 0.308. The number of hydrogen-bond acceptors (Lipinski definition) is 3. The van der Waals surface area contributed by atoms with Gasteiger partial charge in [0.25, 0.3) is 0 Å². The minimum Gasteiger partial charge on any atom is -0.481 e. The number of carboxylic acids is 1. The Bertz CT molecular complexity index is 567. The van der Waals surface area contributed by atoms with Gasteiger partial charge in [-0.2, -0.15) is 0 Å². The van der Waals surface area contributed by atoms with Crippen LogP contribution < -0.4 is 5.32 Å². The molecule has 0 aromatic heterocycles. The summed E-state index contributed by atoms with van der Waals surface area (Å²) in [6.07, 6.45) is 2.54. The Labute approximate surface area is 150 Å². The summed E-state index contributed by atoms with van der Waals surface area (Å²) < 4.78 is 6.40. The van der Waals surface area contributed by atoms with Crippen molar-refractivity contribution in [2.75, 3.05) is 19.8 Å². The summed E-state index contributed by atoms with van der Waals surface area (Å²) in [6.45, 7) is 3.17. The molecule has 1 heterocycles.